The van der Waals surface area contributed by atoms with Crippen molar-refractivity contribution in [3.8, 4) is 0 Å². The van der Waals surface area contributed by atoms with E-state index in [9.17, 15) is 23.8 Å². The second-order valence-electron chi connectivity index (χ2n) is 14.1. The Hall–Kier alpha value is -2.30. The molecule has 3 atom stereocenters. The number of allylic oxidation sites excluding steroid dienone is 6. The molecule has 1 unspecified atom stereocenters. The highest BCUT2D eigenvalue weighted by atomic mass is 31.2. The van der Waals surface area contributed by atoms with Gasteiger partial charge in [-0.3, -0.25) is 23.4 Å². The van der Waals surface area contributed by atoms with E-state index in [1.54, 1.807) is 0 Å². The van der Waals surface area contributed by atoms with Gasteiger partial charge in [0.1, 0.15) is 12.6 Å². The third-order valence-electron chi connectivity index (χ3n) is 8.90. The van der Waals surface area contributed by atoms with Crippen LogP contribution in [0.1, 0.15) is 181 Å². The van der Waals surface area contributed by atoms with Crippen molar-refractivity contribution < 1.29 is 47.5 Å². The van der Waals surface area contributed by atoms with Crippen LogP contribution in [-0.4, -0.2) is 59.9 Å². The van der Waals surface area contributed by atoms with Gasteiger partial charge in [0.15, 0.2) is 6.10 Å². The Morgan fingerprint density at radius 3 is 1.56 bits per heavy atom. The number of hydrogen-bond donors (Lipinski definition) is 3. The number of carboxylic acids is 1. The molecule has 0 saturated carbocycles. The summed E-state index contributed by atoms with van der Waals surface area (Å²) in [5.41, 5.74) is 5.33. The fourth-order valence-electron chi connectivity index (χ4n) is 5.61. The van der Waals surface area contributed by atoms with Gasteiger partial charge in [-0.25, -0.2) is 4.57 Å². The van der Waals surface area contributed by atoms with Crippen molar-refractivity contribution in [1.29, 1.82) is 0 Å². The van der Waals surface area contributed by atoms with E-state index in [2.05, 4.69) is 54.8 Å². The summed E-state index contributed by atoms with van der Waals surface area (Å²) in [4.78, 5) is 45.9. The smallest absolute Gasteiger partial charge is 0.472 e. The molecule has 0 aromatic heterocycles. The summed E-state index contributed by atoms with van der Waals surface area (Å²) in [5, 5.41) is 8.88. The molecular weight excluding hydrogens is 709 g/mol. The summed E-state index contributed by atoms with van der Waals surface area (Å²) < 4.78 is 32.6. The van der Waals surface area contributed by atoms with Gasteiger partial charge in [-0.2, -0.15) is 0 Å². The maximum absolute atomic E-state index is 12.6. The summed E-state index contributed by atoms with van der Waals surface area (Å²) in [6.07, 6.45) is 39.2. The Balaban J connectivity index is 4.40. The third-order valence-corrected chi connectivity index (χ3v) is 9.85. The SMILES string of the molecule is CC/C=C/C/C=C/C/C=C/CCCCCCCC(=O)OC[C@H](COP(=O)(O)OC[C@H](N)C(=O)O)OC(=O)CCCCCCCCCCCCCCCCC. The molecule has 4 N–H and O–H groups in total. The van der Waals surface area contributed by atoms with E-state index in [1.165, 1.54) is 70.6 Å². The van der Waals surface area contributed by atoms with Gasteiger partial charge in [0.05, 0.1) is 13.2 Å². The molecule has 0 fully saturated rings. The monoisotopic (exact) mass is 786 g/mol. The number of unbranched alkanes of at least 4 members (excludes halogenated alkanes) is 19. The molecule has 0 aliphatic rings. The van der Waals surface area contributed by atoms with Crippen LogP contribution in [-0.2, 0) is 37.5 Å². The number of aliphatic carboxylic acids is 1. The number of hydrogen-bond acceptors (Lipinski definition) is 9. The summed E-state index contributed by atoms with van der Waals surface area (Å²) in [6.45, 7) is 2.68. The van der Waals surface area contributed by atoms with Crippen LogP contribution in [0.2, 0.25) is 0 Å². The Morgan fingerprint density at radius 2 is 1.04 bits per heavy atom. The largest absolute Gasteiger partial charge is 0.480 e. The number of carboxylic acid groups (broad SMARTS) is 1. The zero-order chi connectivity index (χ0) is 40.0. The molecule has 0 aliphatic carbocycles. The van der Waals surface area contributed by atoms with Crippen molar-refractivity contribution in [3.63, 3.8) is 0 Å². The molecule has 12 heteroatoms. The number of rotatable bonds is 39. The first-order chi connectivity index (χ1) is 26.1. The predicted molar refractivity (Wildman–Crippen MR) is 217 cm³/mol. The zero-order valence-electron chi connectivity index (χ0n) is 33.8. The molecule has 0 spiro atoms. The number of nitrogens with two attached hydrogens (primary N) is 1. The summed E-state index contributed by atoms with van der Waals surface area (Å²) in [6, 6.07) is -1.52. The molecule has 0 bridgehead atoms. The van der Waals surface area contributed by atoms with Crippen LogP contribution in [0.5, 0.6) is 0 Å². The van der Waals surface area contributed by atoms with E-state index in [0.717, 1.165) is 70.6 Å². The van der Waals surface area contributed by atoms with Crippen molar-refractivity contribution in [3.05, 3.63) is 36.5 Å². The van der Waals surface area contributed by atoms with E-state index < -0.39 is 51.1 Å². The van der Waals surface area contributed by atoms with Crippen molar-refractivity contribution in [2.75, 3.05) is 19.8 Å². The minimum absolute atomic E-state index is 0.160. The maximum Gasteiger partial charge on any atom is 0.472 e. The highest BCUT2D eigenvalue weighted by Gasteiger charge is 2.28. The predicted octanol–water partition coefficient (Wildman–Crippen LogP) is 10.8. The molecule has 0 saturated heterocycles. The maximum atomic E-state index is 12.6. The molecule has 0 heterocycles. The van der Waals surface area contributed by atoms with E-state index in [-0.39, 0.29) is 19.4 Å². The number of phosphoric acid groups is 1. The fourth-order valence-corrected chi connectivity index (χ4v) is 6.39. The molecule has 54 heavy (non-hydrogen) atoms. The fraction of sp³-hybridized carbons (Fsp3) is 0.786. The first kappa shape index (κ1) is 51.7. The van der Waals surface area contributed by atoms with Crippen LogP contribution in [0.25, 0.3) is 0 Å². The number of carbonyl (C=O) groups excluding carboxylic acids is 2. The Bertz CT molecular complexity index is 1060. The summed E-state index contributed by atoms with van der Waals surface area (Å²) in [7, 11) is -4.72. The molecular formula is C42H76NO10P. The van der Waals surface area contributed by atoms with Crippen molar-refractivity contribution >= 4 is 25.7 Å². The van der Waals surface area contributed by atoms with Gasteiger partial charge in [0.25, 0.3) is 0 Å². The molecule has 11 nitrogen and oxygen atoms in total. The first-order valence-electron chi connectivity index (χ1n) is 21.0. The van der Waals surface area contributed by atoms with Gasteiger partial charge in [-0.15, -0.1) is 0 Å². The number of carbonyl (C=O) groups is 3. The number of phosphoric ester groups is 1. The minimum atomic E-state index is -4.72. The lowest BCUT2D eigenvalue weighted by Gasteiger charge is -2.20. The molecule has 0 radical (unpaired) electrons. The second kappa shape index (κ2) is 37.6. The third kappa shape index (κ3) is 36.7. The second-order valence-corrected chi connectivity index (χ2v) is 15.6. The molecule has 0 aromatic carbocycles. The highest BCUT2D eigenvalue weighted by Crippen LogP contribution is 2.43. The van der Waals surface area contributed by atoms with Gasteiger partial charge in [-0.1, -0.05) is 159 Å². The van der Waals surface area contributed by atoms with Gasteiger partial charge in [0, 0.05) is 12.8 Å². The Kier molecular flexibility index (Phi) is 36.0. The lowest BCUT2D eigenvalue weighted by atomic mass is 10.0. The molecule has 314 valence electrons. The van der Waals surface area contributed by atoms with Crippen molar-refractivity contribution in [2.45, 2.75) is 193 Å². The molecule has 0 aromatic rings. The molecule has 0 amide bonds. The summed E-state index contributed by atoms with van der Waals surface area (Å²) >= 11 is 0. The topological polar surface area (TPSA) is 172 Å². The summed E-state index contributed by atoms with van der Waals surface area (Å²) in [5.74, 6) is -2.40. The Morgan fingerprint density at radius 1 is 0.593 bits per heavy atom. The number of esters is 2. The lowest BCUT2D eigenvalue weighted by Crippen LogP contribution is -2.34. The quantitative estimate of drug-likeness (QED) is 0.0234. The van der Waals surface area contributed by atoms with E-state index in [0.29, 0.717) is 12.8 Å². The minimum Gasteiger partial charge on any atom is -0.480 e. The number of ether oxygens (including phenoxy) is 2. The van der Waals surface area contributed by atoms with Crippen molar-refractivity contribution in [2.24, 2.45) is 5.73 Å². The average molecular weight is 786 g/mol. The van der Waals surface area contributed by atoms with E-state index >= 15 is 0 Å². The van der Waals surface area contributed by atoms with E-state index in [1.807, 2.05) is 0 Å². The van der Waals surface area contributed by atoms with Crippen LogP contribution >= 0.6 is 7.82 Å². The standard InChI is InChI=1S/C42H76NO10P/c1-3-5-7-9-11-13-15-17-19-21-23-25-27-29-31-33-40(44)50-35-38(36-51-54(48,49)52-37-39(43)42(46)47)53-41(45)34-32-30-28-26-24-22-20-18-16-14-12-10-8-6-4-2/h5,7,11,13,17,19,38-39H,3-4,6,8-10,12,14-16,18,20-37,43H2,1-2H3,(H,46,47)(H,48,49)/b7-5+,13-11+,19-17+/t38-,39+/m1/s1. The van der Waals surface area contributed by atoms with Gasteiger partial charge >= 0.3 is 25.7 Å². The van der Waals surface area contributed by atoms with Gasteiger partial charge in [-0.05, 0) is 44.9 Å². The molecule has 0 aliphatic heterocycles. The van der Waals surface area contributed by atoms with Crippen LogP contribution in [0.3, 0.4) is 0 Å². The molecule has 0 rings (SSSR count). The Labute approximate surface area is 327 Å². The van der Waals surface area contributed by atoms with Crippen LogP contribution in [0, 0.1) is 0 Å². The van der Waals surface area contributed by atoms with Gasteiger partial charge in [0.2, 0.25) is 0 Å². The van der Waals surface area contributed by atoms with Crippen molar-refractivity contribution in [1.82, 2.24) is 0 Å². The highest BCUT2D eigenvalue weighted by molar-refractivity contribution is 7.47. The normalized spacial score (nSPS) is 14.1. The first-order valence-corrected chi connectivity index (χ1v) is 22.5. The van der Waals surface area contributed by atoms with Gasteiger partial charge < -0.3 is 25.2 Å². The zero-order valence-corrected chi connectivity index (χ0v) is 34.7. The van der Waals surface area contributed by atoms with E-state index in [4.69, 9.17) is 24.8 Å². The van der Waals surface area contributed by atoms with Crippen LogP contribution in [0.4, 0.5) is 0 Å². The van der Waals surface area contributed by atoms with Crippen LogP contribution in [0.15, 0.2) is 36.5 Å². The van der Waals surface area contributed by atoms with Crippen LogP contribution < -0.4 is 5.73 Å². The lowest BCUT2D eigenvalue weighted by molar-refractivity contribution is -0.161. The average Bonchev–Trinajstić information content (AvgIpc) is 3.14.